The van der Waals surface area contributed by atoms with Crippen LogP contribution < -0.4 is 0 Å². The lowest BCUT2D eigenvalue weighted by Crippen LogP contribution is -2.14. The Morgan fingerprint density at radius 1 is 1.33 bits per heavy atom. The van der Waals surface area contributed by atoms with Gasteiger partial charge in [-0.05, 0) is 62.6 Å². The van der Waals surface area contributed by atoms with Gasteiger partial charge in [-0.1, -0.05) is 24.3 Å². The molecule has 1 aromatic heterocycles. The third kappa shape index (κ3) is 3.01. The second kappa shape index (κ2) is 6.23. The first-order chi connectivity index (χ1) is 10.2. The second-order valence-corrected chi connectivity index (χ2v) is 6.52. The molecule has 3 heteroatoms. The van der Waals surface area contributed by atoms with Gasteiger partial charge in [0.2, 0.25) is 0 Å². The highest BCUT2D eigenvalue weighted by molar-refractivity contribution is 6.21. The van der Waals surface area contributed by atoms with Crippen LogP contribution in [0.1, 0.15) is 47.7 Å². The fourth-order valence-electron chi connectivity index (χ4n) is 3.50. The van der Waals surface area contributed by atoms with Crippen LogP contribution in [0.3, 0.4) is 0 Å². The van der Waals surface area contributed by atoms with Crippen LogP contribution >= 0.6 is 11.6 Å². The van der Waals surface area contributed by atoms with E-state index in [2.05, 4.69) is 54.0 Å². The van der Waals surface area contributed by atoms with Crippen LogP contribution in [0.25, 0.3) is 0 Å². The molecule has 2 aromatic rings. The van der Waals surface area contributed by atoms with Gasteiger partial charge < -0.3 is 0 Å². The minimum atomic E-state index is 0.115. The highest BCUT2D eigenvalue weighted by atomic mass is 35.5. The molecule has 3 rings (SSSR count). The van der Waals surface area contributed by atoms with Crippen LogP contribution in [-0.4, -0.2) is 9.78 Å². The number of fused-ring (bicyclic) bond motifs is 1. The van der Waals surface area contributed by atoms with E-state index in [0.717, 1.165) is 25.1 Å². The number of nitrogens with zero attached hydrogens (tertiary/aromatic N) is 2. The topological polar surface area (TPSA) is 17.8 Å². The van der Waals surface area contributed by atoms with Gasteiger partial charge in [-0.3, -0.25) is 4.68 Å². The predicted molar refractivity (Wildman–Crippen MR) is 87.8 cm³/mol. The normalized spacial score (nSPS) is 21.9. The Balaban J connectivity index is 1.85. The fraction of sp³-hybridized carbons (Fsp3) is 0.500. The number of rotatable bonds is 3. The van der Waals surface area contributed by atoms with Crippen molar-refractivity contribution in [2.75, 3.05) is 0 Å². The molecule has 2 unspecified atom stereocenters. The maximum absolute atomic E-state index is 6.84. The summed E-state index contributed by atoms with van der Waals surface area (Å²) >= 11 is 6.84. The molecule has 0 fully saturated rings. The van der Waals surface area contributed by atoms with Crippen molar-refractivity contribution in [1.82, 2.24) is 9.78 Å². The average Bonchev–Trinajstić information content (AvgIpc) is 2.77. The smallest absolute Gasteiger partial charge is 0.0619 e. The Kier molecular flexibility index (Phi) is 4.34. The van der Waals surface area contributed by atoms with Gasteiger partial charge in [0.15, 0.2) is 0 Å². The number of halogens is 1. The van der Waals surface area contributed by atoms with Gasteiger partial charge in [-0.25, -0.2) is 0 Å². The molecule has 0 radical (unpaired) electrons. The van der Waals surface area contributed by atoms with Crippen molar-refractivity contribution in [2.24, 2.45) is 5.92 Å². The number of hydrogen-bond donors (Lipinski definition) is 0. The number of alkyl halides is 1. The van der Waals surface area contributed by atoms with Crippen LogP contribution in [0.5, 0.6) is 0 Å². The molecule has 0 amide bonds. The summed E-state index contributed by atoms with van der Waals surface area (Å²) < 4.78 is 2.12. The number of hydrogen-bond acceptors (Lipinski definition) is 1. The summed E-state index contributed by atoms with van der Waals surface area (Å²) in [5, 5.41) is 4.68. The maximum Gasteiger partial charge on any atom is 0.0619 e. The van der Waals surface area contributed by atoms with Crippen molar-refractivity contribution in [3.63, 3.8) is 0 Å². The first kappa shape index (κ1) is 14.6. The molecule has 1 aliphatic carbocycles. The largest absolute Gasteiger partial charge is 0.270 e. The predicted octanol–water partition coefficient (Wildman–Crippen LogP) is 4.69. The van der Waals surface area contributed by atoms with E-state index in [1.807, 2.05) is 0 Å². The van der Waals surface area contributed by atoms with Crippen LogP contribution in [0.2, 0.25) is 0 Å². The first-order valence-corrected chi connectivity index (χ1v) is 8.38. The molecule has 0 N–H and O–H groups in total. The molecular weight excluding hydrogens is 280 g/mol. The monoisotopic (exact) mass is 302 g/mol. The van der Waals surface area contributed by atoms with Crippen molar-refractivity contribution in [2.45, 2.75) is 51.5 Å². The Hall–Kier alpha value is -1.28. The number of aromatic nitrogens is 2. The summed E-state index contributed by atoms with van der Waals surface area (Å²) in [6.45, 7) is 5.15. The molecule has 1 aromatic carbocycles. The van der Waals surface area contributed by atoms with E-state index >= 15 is 0 Å². The summed E-state index contributed by atoms with van der Waals surface area (Å²) in [4.78, 5) is 0. The van der Waals surface area contributed by atoms with Gasteiger partial charge >= 0.3 is 0 Å². The standard InChI is InChI=1S/C18H23ClN2/c1-3-21-16(11-13(2)20-21)12-15-9-6-8-14-7-4-5-10-17(14)18(15)19/h4-5,7,10-11,15,18H,3,6,8-9,12H2,1-2H3. The SMILES string of the molecule is CCn1nc(C)cc1CC1CCCc2ccccc2C1Cl. The van der Waals surface area contributed by atoms with E-state index in [9.17, 15) is 0 Å². The van der Waals surface area contributed by atoms with E-state index in [-0.39, 0.29) is 5.38 Å². The van der Waals surface area contributed by atoms with Gasteiger partial charge in [0.25, 0.3) is 0 Å². The van der Waals surface area contributed by atoms with E-state index in [4.69, 9.17) is 11.6 Å². The van der Waals surface area contributed by atoms with Gasteiger partial charge in [-0.15, -0.1) is 11.6 Å². The van der Waals surface area contributed by atoms with Crippen molar-refractivity contribution in [1.29, 1.82) is 0 Å². The molecule has 2 atom stereocenters. The zero-order valence-electron chi connectivity index (χ0n) is 12.8. The molecule has 2 nitrogen and oxygen atoms in total. The van der Waals surface area contributed by atoms with Crippen LogP contribution in [0.15, 0.2) is 30.3 Å². The molecule has 0 saturated heterocycles. The minimum Gasteiger partial charge on any atom is -0.270 e. The minimum absolute atomic E-state index is 0.115. The molecule has 0 aliphatic heterocycles. The van der Waals surface area contributed by atoms with Gasteiger partial charge in [0, 0.05) is 12.2 Å². The van der Waals surface area contributed by atoms with E-state index in [1.165, 1.54) is 29.7 Å². The fourth-order valence-corrected chi connectivity index (χ4v) is 3.93. The Morgan fingerprint density at radius 2 is 2.14 bits per heavy atom. The molecule has 0 saturated carbocycles. The maximum atomic E-state index is 6.84. The molecule has 0 spiro atoms. The van der Waals surface area contributed by atoms with Crippen molar-refractivity contribution < 1.29 is 0 Å². The summed E-state index contributed by atoms with van der Waals surface area (Å²) in [5.74, 6) is 0.497. The van der Waals surface area contributed by atoms with E-state index in [1.54, 1.807) is 0 Å². The number of aryl methyl sites for hydroxylation is 3. The third-order valence-corrected chi connectivity index (χ3v) is 5.13. The van der Waals surface area contributed by atoms with Crippen LogP contribution in [-0.2, 0) is 19.4 Å². The highest BCUT2D eigenvalue weighted by Gasteiger charge is 2.27. The Bertz CT molecular complexity index is 617. The molecule has 21 heavy (non-hydrogen) atoms. The quantitative estimate of drug-likeness (QED) is 0.594. The average molecular weight is 303 g/mol. The zero-order chi connectivity index (χ0) is 14.8. The summed E-state index contributed by atoms with van der Waals surface area (Å²) in [7, 11) is 0. The molecule has 1 heterocycles. The Morgan fingerprint density at radius 3 is 2.95 bits per heavy atom. The lowest BCUT2D eigenvalue weighted by atomic mass is 9.92. The van der Waals surface area contributed by atoms with E-state index in [0.29, 0.717) is 5.92 Å². The first-order valence-electron chi connectivity index (χ1n) is 7.94. The van der Waals surface area contributed by atoms with Crippen molar-refractivity contribution in [3.8, 4) is 0 Å². The summed E-state index contributed by atoms with van der Waals surface area (Å²) in [6, 6.07) is 10.9. The lowest BCUT2D eigenvalue weighted by Gasteiger charge is -2.21. The summed E-state index contributed by atoms with van der Waals surface area (Å²) in [5.41, 5.74) is 5.19. The third-order valence-electron chi connectivity index (χ3n) is 4.54. The summed E-state index contributed by atoms with van der Waals surface area (Å²) in [6.07, 6.45) is 4.60. The highest BCUT2D eigenvalue weighted by Crippen LogP contribution is 2.39. The molecule has 1 aliphatic rings. The van der Waals surface area contributed by atoms with Gasteiger partial charge in [-0.2, -0.15) is 5.10 Å². The van der Waals surface area contributed by atoms with Crippen molar-refractivity contribution in [3.05, 3.63) is 52.8 Å². The molecular formula is C18H23ClN2. The van der Waals surface area contributed by atoms with Gasteiger partial charge in [0.05, 0.1) is 11.1 Å². The lowest BCUT2D eigenvalue weighted by molar-refractivity contribution is 0.446. The van der Waals surface area contributed by atoms with Crippen LogP contribution in [0.4, 0.5) is 0 Å². The number of benzene rings is 1. The molecule has 112 valence electrons. The second-order valence-electron chi connectivity index (χ2n) is 6.05. The van der Waals surface area contributed by atoms with Crippen molar-refractivity contribution >= 4 is 11.6 Å². The van der Waals surface area contributed by atoms with Crippen LogP contribution in [0, 0.1) is 12.8 Å². The Labute approximate surface area is 132 Å². The van der Waals surface area contributed by atoms with Gasteiger partial charge in [0.1, 0.15) is 0 Å². The zero-order valence-corrected chi connectivity index (χ0v) is 13.6. The molecule has 0 bridgehead atoms. The van der Waals surface area contributed by atoms with E-state index < -0.39 is 0 Å².